The molecule has 5 rings (SSSR count). The molecule has 1 fully saturated rings. The molecule has 3 aliphatic heterocycles. The number of rotatable bonds is 6. The van der Waals surface area contributed by atoms with E-state index >= 15 is 0 Å². The van der Waals surface area contributed by atoms with E-state index in [1.165, 1.54) is 19.1 Å². The summed E-state index contributed by atoms with van der Waals surface area (Å²) < 4.78 is 47.8. The van der Waals surface area contributed by atoms with Crippen molar-refractivity contribution >= 4 is 17.5 Å². The van der Waals surface area contributed by atoms with Crippen LogP contribution in [0.5, 0.6) is 0 Å². The summed E-state index contributed by atoms with van der Waals surface area (Å²) in [7, 11) is 0. The zero-order valence-electron chi connectivity index (χ0n) is 19.6. The molecule has 0 spiro atoms. The van der Waals surface area contributed by atoms with Gasteiger partial charge in [-0.15, -0.1) is 0 Å². The van der Waals surface area contributed by atoms with Crippen molar-refractivity contribution < 1.29 is 27.8 Å². The number of ether oxygens (including phenoxy) is 1. The van der Waals surface area contributed by atoms with Crippen LogP contribution in [0.15, 0.2) is 52.3 Å². The van der Waals surface area contributed by atoms with Gasteiger partial charge >= 0.3 is 0 Å². The van der Waals surface area contributed by atoms with Crippen LogP contribution >= 0.6 is 0 Å². The number of carbonyl (C=O) groups is 1. The van der Waals surface area contributed by atoms with Crippen LogP contribution in [0.25, 0.3) is 0 Å². The summed E-state index contributed by atoms with van der Waals surface area (Å²) in [6.45, 7) is 4.45. The van der Waals surface area contributed by atoms with E-state index in [1.54, 1.807) is 28.2 Å². The molecule has 190 valence electrons. The van der Waals surface area contributed by atoms with Crippen molar-refractivity contribution in [2.75, 3.05) is 19.8 Å². The number of aliphatic hydroxyl groups excluding tert-OH is 1. The van der Waals surface area contributed by atoms with Crippen LogP contribution < -0.4 is 5.32 Å². The van der Waals surface area contributed by atoms with Crippen molar-refractivity contribution in [2.45, 2.75) is 44.5 Å². The van der Waals surface area contributed by atoms with E-state index in [0.717, 1.165) is 6.07 Å². The quantitative estimate of drug-likeness (QED) is 0.632. The predicted octanol–water partition coefficient (Wildman–Crippen LogP) is 2.52. The fraction of sp³-hybridized carbons (Fsp3) is 0.417. The van der Waals surface area contributed by atoms with Gasteiger partial charge in [-0.1, -0.05) is 18.2 Å². The second-order valence-electron chi connectivity index (χ2n) is 9.05. The number of aliphatic hydroxyl groups is 1. The summed E-state index contributed by atoms with van der Waals surface area (Å²) in [6, 6.07) is 2.42. The van der Waals surface area contributed by atoms with Crippen molar-refractivity contribution in [3.05, 3.63) is 64.7 Å². The maximum Gasteiger partial charge on any atom is 0.266 e. The van der Waals surface area contributed by atoms with E-state index in [9.17, 15) is 23.1 Å². The third-order valence-corrected chi connectivity index (χ3v) is 6.39. The maximum absolute atomic E-state index is 14.6. The molecule has 2 aromatic rings. The zero-order chi connectivity index (χ0) is 25.6. The molecule has 0 saturated carbocycles. The highest BCUT2D eigenvalue weighted by atomic mass is 19.3. The van der Waals surface area contributed by atoms with Crippen molar-refractivity contribution in [3.63, 3.8) is 0 Å². The number of allylic oxidation sites excluding steroid dienone is 1. The molecule has 2 N–H and O–H groups in total. The second-order valence-corrected chi connectivity index (χ2v) is 9.05. The molecule has 1 aromatic carbocycles. The largest absolute Gasteiger partial charge is 0.388 e. The summed E-state index contributed by atoms with van der Waals surface area (Å²) in [5, 5.41) is 23.4. The van der Waals surface area contributed by atoms with Crippen LogP contribution in [-0.2, 0) is 9.53 Å². The molecule has 1 saturated heterocycles. The van der Waals surface area contributed by atoms with Gasteiger partial charge in [0.2, 0.25) is 0 Å². The summed E-state index contributed by atoms with van der Waals surface area (Å²) in [5.74, 6) is -1.20. The van der Waals surface area contributed by atoms with E-state index in [-0.39, 0.29) is 29.8 Å². The molecule has 4 heterocycles. The maximum atomic E-state index is 14.6. The molecule has 3 aliphatic rings. The summed E-state index contributed by atoms with van der Waals surface area (Å²) in [5.41, 5.74) is 0.560. The van der Waals surface area contributed by atoms with Crippen LogP contribution in [0.2, 0.25) is 0 Å². The number of aromatic nitrogens is 2. The average Bonchev–Trinajstić information content (AvgIpc) is 3.56. The molecule has 12 heteroatoms. The van der Waals surface area contributed by atoms with E-state index in [0.29, 0.717) is 30.3 Å². The third kappa shape index (κ3) is 4.42. The van der Waals surface area contributed by atoms with Gasteiger partial charge < -0.3 is 15.2 Å². The Balaban J connectivity index is 1.42. The summed E-state index contributed by atoms with van der Waals surface area (Å²) in [4.78, 5) is 17.8. The number of halogens is 3. The predicted molar refractivity (Wildman–Crippen MR) is 124 cm³/mol. The zero-order valence-corrected chi connectivity index (χ0v) is 19.6. The number of hydrogen-bond donors (Lipinski definition) is 2. The van der Waals surface area contributed by atoms with Gasteiger partial charge in [-0.3, -0.25) is 14.5 Å². The number of aliphatic imine (C=N–C) groups is 1. The first kappa shape index (κ1) is 24.2. The number of amides is 1. The number of amidine groups is 1. The van der Waals surface area contributed by atoms with Gasteiger partial charge in [0.25, 0.3) is 12.3 Å². The molecular weight excluding hydrogens is 477 g/mol. The van der Waals surface area contributed by atoms with Crippen molar-refractivity contribution in [3.8, 4) is 0 Å². The number of fused-ring (bicyclic) bond motifs is 1. The normalized spacial score (nSPS) is 24.4. The van der Waals surface area contributed by atoms with Gasteiger partial charge in [0.05, 0.1) is 54.9 Å². The van der Waals surface area contributed by atoms with E-state index < -0.39 is 35.9 Å². The van der Waals surface area contributed by atoms with Gasteiger partial charge in [-0.25, -0.2) is 18.2 Å². The van der Waals surface area contributed by atoms with Crippen LogP contribution in [0.1, 0.15) is 49.0 Å². The van der Waals surface area contributed by atoms with Gasteiger partial charge in [0.1, 0.15) is 18.0 Å². The lowest BCUT2D eigenvalue weighted by Crippen LogP contribution is -2.38. The highest BCUT2D eigenvalue weighted by molar-refractivity contribution is 6.28. The average molecular weight is 502 g/mol. The highest BCUT2D eigenvalue weighted by Crippen LogP contribution is 2.28. The lowest BCUT2D eigenvalue weighted by atomic mass is 10.0. The van der Waals surface area contributed by atoms with Gasteiger partial charge in [0.15, 0.2) is 5.84 Å². The van der Waals surface area contributed by atoms with Gasteiger partial charge in [-0.2, -0.15) is 10.2 Å². The monoisotopic (exact) mass is 502 g/mol. The number of alkyl halides is 2. The third-order valence-electron chi connectivity index (χ3n) is 6.39. The van der Waals surface area contributed by atoms with Crippen molar-refractivity contribution in [1.82, 2.24) is 20.1 Å². The lowest BCUT2D eigenvalue weighted by molar-refractivity contribution is -0.117. The first-order valence-corrected chi connectivity index (χ1v) is 11.6. The number of nitrogens with one attached hydrogen (secondary N) is 1. The van der Waals surface area contributed by atoms with Crippen molar-refractivity contribution in [1.29, 1.82) is 0 Å². The van der Waals surface area contributed by atoms with Crippen LogP contribution in [-0.4, -0.2) is 69.3 Å². The highest BCUT2D eigenvalue weighted by Gasteiger charge is 2.34. The van der Waals surface area contributed by atoms with Gasteiger partial charge in [0, 0.05) is 17.3 Å². The Kier molecular flexibility index (Phi) is 6.39. The first-order chi connectivity index (χ1) is 17.2. The second kappa shape index (κ2) is 9.51. The minimum Gasteiger partial charge on any atom is -0.388 e. The molecule has 1 aromatic heterocycles. The first-order valence-electron chi connectivity index (χ1n) is 11.6. The molecule has 0 unspecified atom stereocenters. The Morgan fingerprint density at radius 1 is 1.28 bits per heavy atom. The van der Waals surface area contributed by atoms with E-state index in [4.69, 9.17) is 4.74 Å². The fourth-order valence-corrected chi connectivity index (χ4v) is 4.48. The van der Waals surface area contributed by atoms with Crippen LogP contribution in [0.3, 0.4) is 0 Å². The molecule has 9 nitrogen and oxygen atoms in total. The van der Waals surface area contributed by atoms with E-state index in [2.05, 4.69) is 20.5 Å². The number of nitrogens with zero attached hydrogens (tertiary/aromatic N) is 5. The number of carbonyl (C=O) groups excluding carboxylic acids is 1. The topological polar surface area (TPSA) is 104 Å². The molecule has 1 amide bonds. The van der Waals surface area contributed by atoms with Crippen molar-refractivity contribution in [2.24, 2.45) is 10.1 Å². The Morgan fingerprint density at radius 3 is 2.78 bits per heavy atom. The van der Waals surface area contributed by atoms with Crippen LogP contribution in [0.4, 0.5) is 13.2 Å². The molecule has 4 atom stereocenters. The Labute approximate surface area is 204 Å². The fourth-order valence-electron chi connectivity index (χ4n) is 4.48. The minimum atomic E-state index is -2.96. The molecule has 36 heavy (non-hydrogen) atoms. The molecular formula is C24H25F3N6O3. The van der Waals surface area contributed by atoms with Gasteiger partial charge in [-0.05, 0) is 19.9 Å². The lowest BCUT2D eigenvalue weighted by Gasteiger charge is -2.24. The number of benzene rings is 1. The standard InChI is InChI=1S/C24H25F3N6O3/c1-12-8-33-23(29-12)17(24(35)30-13(2)15-4-3-5-16(21(15)25)22(26)27)6-18(31-33)14-7-28-32(9-14)19-10-36-11-20(19)34/h3-7,9,12-13,19-20,22,34H,8,10-11H2,1-2H3,(H,30,35)/t12-,13-,19+,20+/m1/s1. The van der Waals surface area contributed by atoms with E-state index in [1.807, 2.05) is 6.92 Å². The number of hydrazone groups is 1. The Morgan fingerprint density at radius 2 is 2.06 bits per heavy atom. The smallest absolute Gasteiger partial charge is 0.266 e. The summed E-state index contributed by atoms with van der Waals surface area (Å²) in [6.07, 6.45) is 1.25. The minimum absolute atomic E-state index is 0.0383. The molecule has 0 bridgehead atoms. The SMILES string of the molecule is C[C@@H]1CN2N=C(c3cnn([C@H]4COC[C@@H]4O)c3)C=C(C(=O)N[C@H](C)c3cccc(C(F)F)c3F)C2=N1. The summed E-state index contributed by atoms with van der Waals surface area (Å²) >= 11 is 0. The Hall–Kier alpha value is -3.51. The molecule has 0 aliphatic carbocycles. The number of hydrogen-bond acceptors (Lipinski definition) is 7. The Bertz CT molecular complexity index is 1270. The molecule has 0 radical (unpaired) electrons. The van der Waals surface area contributed by atoms with Crippen LogP contribution in [0, 0.1) is 5.82 Å².